The second-order valence-electron chi connectivity index (χ2n) is 5.63. The first kappa shape index (κ1) is 19.5. The van der Waals surface area contributed by atoms with Crippen molar-refractivity contribution in [2.24, 2.45) is 11.3 Å². The molecule has 0 saturated carbocycles. The molecule has 2 unspecified atom stereocenters. The molecule has 0 saturated heterocycles. The smallest absolute Gasteiger partial charge is 0.331 e. The van der Waals surface area contributed by atoms with Crippen LogP contribution in [0.25, 0.3) is 0 Å². The summed E-state index contributed by atoms with van der Waals surface area (Å²) in [5.41, 5.74) is -0.656. The molecule has 128 valence electrons. The van der Waals surface area contributed by atoms with Gasteiger partial charge in [0.25, 0.3) is 0 Å². The van der Waals surface area contributed by atoms with Crippen LogP contribution in [-0.2, 0) is 19.1 Å². The molecule has 0 heterocycles. The van der Waals surface area contributed by atoms with Gasteiger partial charge in [-0.25, -0.2) is 4.79 Å². The molecule has 5 nitrogen and oxygen atoms in total. The van der Waals surface area contributed by atoms with Crippen molar-refractivity contribution >= 4 is 11.9 Å². The van der Waals surface area contributed by atoms with Gasteiger partial charge in [0.1, 0.15) is 0 Å². The minimum Gasteiger partial charge on any atom is -0.468 e. The van der Waals surface area contributed by atoms with Gasteiger partial charge in [0.2, 0.25) is 0 Å². The topological polar surface area (TPSA) is 76.4 Å². The Hall–Kier alpha value is -2.53. The van der Waals surface area contributed by atoms with Crippen LogP contribution < -0.4 is 0 Å². The number of carbonyl (C=O) groups is 2. The van der Waals surface area contributed by atoms with Crippen molar-refractivity contribution in [2.45, 2.75) is 39.0 Å². The van der Waals surface area contributed by atoms with Gasteiger partial charge in [0.15, 0.2) is 12.0 Å². The molecule has 0 aromatic rings. The molecule has 0 bridgehead atoms. The van der Waals surface area contributed by atoms with Gasteiger partial charge in [-0.2, -0.15) is 5.26 Å². The summed E-state index contributed by atoms with van der Waals surface area (Å²) in [6.07, 6.45) is 7.22. The fourth-order valence-electron chi connectivity index (χ4n) is 2.91. The molecule has 2 atom stereocenters. The Bertz CT molecular complexity index is 618. The standard InChI is InChI=1S/C19H23NO4/c1-4-9-16-10-5-6-11-17(16)19(14-20,18(22)23-3)12-7-8-13-24-15(2)21/h4,11,16H,1,5-6,9-10,12-13H2,2-3H3. The fraction of sp³-hybridized carbons (Fsp3) is 0.526. The second kappa shape index (κ2) is 9.57. The summed E-state index contributed by atoms with van der Waals surface area (Å²) in [7, 11) is 1.27. The quantitative estimate of drug-likeness (QED) is 0.425. The summed E-state index contributed by atoms with van der Waals surface area (Å²) in [6, 6.07) is 2.14. The van der Waals surface area contributed by atoms with Crippen LogP contribution in [0.3, 0.4) is 0 Å². The summed E-state index contributed by atoms with van der Waals surface area (Å²) >= 11 is 0. The van der Waals surface area contributed by atoms with E-state index in [4.69, 9.17) is 9.47 Å². The number of allylic oxidation sites excluding steroid dienone is 2. The van der Waals surface area contributed by atoms with E-state index in [0.29, 0.717) is 6.42 Å². The summed E-state index contributed by atoms with van der Waals surface area (Å²) < 4.78 is 9.64. The third-order valence-corrected chi connectivity index (χ3v) is 4.06. The zero-order valence-electron chi connectivity index (χ0n) is 14.3. The Morgan fingerprint density at radius 1 is 1.50 bits per heavy atom. The van der Waals surface area contributed by atoms with E-state index in [1.54, 1.807) is 6.08 Å². The summed E-state index contributed by atoms with van der Waals surface area (Å²) in [5, 5.41) is 9.79. The lowest BCUT2D eigenvalue weighted by molar-refractivity contribution is -0.147. The lowest BCUT2D eigenvalue weighted by Gasteiger charge is -2.33. The lowest BCUT2D eigenvalue weighted by Crippen LogP contribution is -2.36. The van der Waals surface area contributed by atoms with Gasteiger partial charge in [-0.3, -0.25) is 4.79 Å². The normalized spacial score (nSPS) is 18.7. The summed E-state index contributed by atoms with van der Waals surface area (Å²) in [4.78, 5) is 23.2. The SMILES string of the molecule is C=CCC1CCCC=C1C(C#N)(CC#CCOC(C)=O)C(=O)OC. The molecular weight excluding hydrogens is 306 g/mol. The van der Waals surface area contributed by atoms with Crippen LogP contribution in [0, 0.1) is 34.5 Å². The Kier molecular flexibility index (Phi) is 7.79. The molecule has 1 aliphatic carbocycles. The molecule has 0 amide bonds. The van der Waals surface area contributed by atoms with Gasteiger partial charge in [0.05, 0.1) is 13.2 Å². The number of nitriles is 1. The average Bonchev–Trinajstić information content (AvgIpc) is 2.58. The molecule has 1 aliphatic rings. The molecule has 0 aliphatic heterocycles. The molecule has 0 aromatic carbocycles. The van der Waals surface area contributed by atoms with Crippen LogP contribution in [0.1, 0.15) is 39.0 Å². The van der Waals surface area contributed by atoms with Crippen molar-refractivity contribution in [3.8, 4) is 17.9 Å². The van der Waals surface area contributed by atoms with E-state index in [9.17, 15) is 14.9 Å². The van der Waals surface area contributed by atoms with E-state index in [1.807, 2.05) is 6.08 Å². The third kappa shape index (κ3) is 4.73. The van der Waals surface area contributed by atoms with Crippen LogP contribution in [0.5, 0.6) is 0 Å². The van der Waals surface area contributed by atoms with Crippen molar-refractivity contribution in [2.75, 3.05) is 13.7 Å². The molecule has 0 fully saturated rings. The van der Waals surface area contributed by atoms with E-state index >= 15 is 0 Å². The number of hydrogen-bond acceptors (Lipinski definition) is 5. The molecule has 0 aromatic heterocycles. The van der Waals surface area contributed by atoms with Gasteiger partial charge in [-0.1, -0.05) is 24.0 Å². The minimum atomic E-state index is -1.42. The number of hydrogen-bond donors (Lipinski definition) is 0. The highest BCUT2D eigenvalue weighted by Crippen LogP contribution is 2.42. The van der Waals surface area contributed by atoms with Crippen molar-refractivity contribution < 1.29 is 19.1 Å². The number of ether oxygens (including phenoxy) is 2. The molecule has 24 heavy (non-hydrogen) atoms. The van der Waals surface area contributed by atoms with E-state index in [0.717, 1.165) is 24.8 Å². The second-order valence-corrected chi connectivity index (χ2v) is 5.63. The lowest BCUT2D eigenvalue weighted by atomic mass is 9.68. The van der Waals surface area contributed by atoms with Crippen LogP contribution in [0.4, 0.5) is 0 Å². The average molecular weight is 329 g/mol. The maximum Gasteiger partial charge on any atom is 0.331 e. The Morgan fingerprint density at radius 2 is 2.25 bits per heavy atom. The number of rotatable bonds is 6. The number of esters is 2. The monoisotopic (exact) mass is 329 g/mol. The third-order valence-electron chi connectivity index (χ3n) is 4.06. The predicted octanol–water partition coefficient (Wildman–Crippen LogP) is 2.93. The van der Waals surface area contributed by atoms with Crippen LogP contribution in [0.15, 0.2) is 24.3 Å². The predicted molar refractivity (Wildman–Crippen MR) is 89.3 cm³/mol. The largest absolute Gasteiger partial charge is 0.468 e. The highest BCUT2D eigenvalue weighted by molar-refractivity contribution is 5.84. The highest BCUT2D eigenvalue weighted by Gasteiger charge is 2.46. The van der Waals surface area contributed by atoms with E-state index < -0.39 is 17.4 Å². The van der Waals surface area contributed by atoms with Crippen LogP contribution in [-0.4, -0.2) is 25.7 Å². The van der Waals surface area contributed by atoms with Crippen molar-refractivity contribution in [3.05, 3.63) is 24.3 Å². The van der Waals surface area contributed by atoms with E-state index in [2.05, 4.69) is 24.5 Å². The molecule has 0 N–H and O–H groups in total. The molecule has 0 spiro atoms. The van der Waals surface area contributed by atoms with Crippen LogP contribution in [0.2, 0.25) is 0 Å². The zero-order chi connectivity index (χ0) is 18.0. The van der Waals surface area contributed by atoms with Crippen molar-refractivity contribution in [1.82, 2.24) is 0 Å². The molecular formula is C19H23NO4. The van der Waals surface area contributed by atoms with Crippen LogP contribution >= 0.6 is 0 Å². The van der Waals surface area contributed by atoms with E-state index in [-0.39, 0.29) is 18.9 Å². The summed E-state index contributed by atoms with van der Waals surface area (Å²) in [6.45, 7) is 4.99. The number of carbonyl (C=O) groups excluding carboxylic acids is 2. The Balaban J connectivity index is 3.12. The van der Waals surface area contributed by atoms with Gasteiger partial charge < -0.3 is 9.47 Å². The molecule has 1 rings (SSSR count). The highest BCUT2D eigenvalue weighted by atomic mass is 16.5. The first-order valence-electron chi connectivity index (χ1n) is 7.92. The Labute approximate surface area is 143 Å². The maximum absolute atomic E-state index is 12.4. The van der Waals surface area contributed by atoms with E-state index in [1.165, 1.54) is 14.0 Å². The number of methoxy groups -OCH3 is 1. The first-order valence-corrected chi connectivity index (χ1v) is 7.92. The van der Waals surface area contributed by atoms with Gasteiger partial charge in [-0.15, -0.1) is 6.58 Å². The molecule has 5 heteroatoms. The minimum absolute atomic E-state index is 0.0108. The zero-order valence-corrected chi connectivity index (χ0v) is 14.3. The molecule has 0 radical (unpaired) electrons. The van der Waals surface area contributed by atoms with Gasteiger partial charge in [-0.05, 0) is 37.2 Å². The van der Waals surface area contributed by atoms with Gasteiger partial charge in [0, 0.05) is 13.3 Å². The fourth-order valence-corrected chi connectivity index (χ4v) is 2.91. The maximum atomic E-state index is 12.4. The Morgan fingerprint density at radius 3 is 2.83 bits per heavy atom. The number of nitrogens with zero attached hydrogens (tertiary/aromatic N) is 1. The summed E-state index contributed by atoms with van der Waals surface area (Å²) in [5.74, 6) is 4.52. The first-order chi connectivity index (χ1) is 11.5. The van der Waals surface area contributed by atoms with Crippen molar-refractivity contribution in [3.63, 3.8) is 0 Å². The van der Waals surface area contributed by atoms with Gasteiger partial charge >= 0.3 is 11.9 Å². The van der Waals surface area contributed by atoms with Crippen molar-refractivity contribution in [1.29, 1.82) is 5.26 Å².